The highest BCUT2D eigenvalue weighted by molar-refractivity contribution is 7.99. The molecule has 114 valence electrons. The number of rotatable bonds is 2. The van der Waals surface area contributed by atoms with E-state index in [9.17, 15) is 4.79 Å². The number of halogens is 1. The van der Waals surface area contributed by atoms with Gasteiger partial charge < -0.3 is 14.5 Å². The summed E-state index contributed by atoms with van der Waals surface area (Å²) in [6.45, 7) is 3.27. The van der Waals surface area contributed by atoms with E-state index in [1.807, 2.05) is 21.6 Å². The molecule has 21 heavy (non-hydrogen) atoms. The minimum Gasteiger partial charge on any atom is -0.365 e. The zero-order chi connectivity index (χ0) is 14.7. The number of ether oxygens (including phenoxy) is 1. The maximum Gasteiger partial charge on any atom is 0.253 e. The molecule has 1 amide bonds. The van der Waals surface area contributed by atoms with Gasteiger partial charge in [-0.25, -0.2) is 9.97 Å². The van der Waals surface area contributed by atoms with Crippen LogP contribution < -0.4 is 4.90 Å². The highest BCUT2D eigenvalue weighted by Crippen LogP contribution is 2.24. The lowest BCUT2D eigenvalue weighted by molar-refractivity contribution is -0.144. The van der Waals surface area contributed by atoms with Crippen LogP contribution in [0, 0.1) is 0 Å². The van der Waals surface area contributed by atoms with Gasteiger partial charge in [0.25, 0.3) is 5.91 Å². The van der Waals surface area contributed by atoms with Gasteiger partial charge in [0.2, 0.25) is 0 Å². The second kappa shape index (κ2) is 6.81. The monoisotopic (exact) mass is 328 g/mol. The highest BCUT2D eigenvalue weighted by atomic mass is 35.5. The van der Waals surface area contributed by atoms with Crippen LogP contribution in [0.1, 0.15) is 0 Å². The van der Waals surface area contributed by atoms with Crippen LogP contribution in [0.15, 0.2) is 12.5 Å². The summed E-state index contributed by atoms with van der Waals surface area (Å²) in [6, 6.07) is 0. The first-order valence-electron chi connectivity index (χ1n) is 6.94. The average molecular weight is 329 g/mol. The fourth-order valence-corrected chi connectivity index (χ4v) is 3.65. The van der Waals surface area contributed by atoms with Crippen molar-refractivity contribution < 1.29 is 9.53 Å². The molecular weight excluding hydrogens is 312 g/mol. The van der Waals surface area contributed by atoms with Gasteiger partial charge in [0.1, 0.15) is 11.3 Å². The van der Waals surface area contributed by atoms with Crippen LogP contribution in [0.25, 0.3) is 0 Å². The third kappa shape index (κ3) is 3.41. The smallest absolute Gasteiger partial charge is 0.253 e. The van der Waals surface area contributed by atoms with Crippen LogP contribution in [-0.2, 0) is 9.53 Å². The van der Waals surface area contributed by atoms with Crippen molar-refractivity contribution in [2.75, 3.05) is 49.2 Å². The van der Waals surface area contributed by atoms with E-state index in [0.717, 1.165) is 24.6 Å². The fraction of sp³-hybridized carbons (Fsp3) is 0.615. The van der Waals surface area contributed by atoms with E-state index in [1.165, 1.54) is 6.33 Å². The number of amides is 1. The third-order valence-electron chi connectivity index (χ3n) is 3.61. The number of carbonyl (C=O) groups is 1. The SMILES string of the molecule is O=C(C1CN(c2ncncc2Cl)CCO1)N1CCSCC1. The molecule has 2 saturated heterocycles. The fourth-order valence-electron chi connectivity index (χ4n) is 2.52. The maximum atomic E-state index is 12.5. The minimum atomic E-state index is -0.437. The van der Waals surface area contributed by atoms with Crippen LogP contribution in [0.5, 0.6) is 0 Å². The number of thioether (sulfide) groups is 1. The van der Waals surface area contributed by atoms with Crippen molar-refractivity contribution in [3.8, 4) is 0 Å². The molecule has 0 aromatic carbocycles. The van der Waals surface area contributed by atoms with Gasteiger partial charge in [-0.3, -0.25) is 4.79 Å². The molecule has 3 heterocycles. The van der Waals surface area contributed by atoms with Crippen molar-refractivity contribution in [2.24, 2.45) is 0 Å². The van der Waals surface area contributed by atoms with Crippen molar-refractivity contribution in [1.82, 2.24) is 14.9 Å². The molecule has 1 aromatic heterocycles. The number of anilines is 1. The summed E-state index contributed by atoms with van der Waals surface area (Å²) in [7, 11) is 0. The van der Waals surface area contributed by atoms with Crippen molar-refractivity contribution in [3.63, 3.8) is 0 Å². The topological polar surface area (TPSA) is 58.6 Å². The first-order valence-corrected chi connectivity index (χ1v) is 8.47. The number of carbonyl (C=O) groups excluding carboxylic acids is 1. The second-order valence-corrected chi connectivity index (χ2v) is 6.57. The lowest BCUT2D eigenvalue weighted by Crippen LogP contribution is -2.52. The molecule has 1 aromatic rings. The Kier molecular flexibility index (Phi) is 4.82. The summed E-state index contributed by atoms with van der Waals surface area (Å²) in [5.41, 5.74) is 0. The first-order chi connectivity index (χ1) is 10.3. The molecule has 2 aliphatic rings. The Bertz CT molecular complexity index is 513. The molecule has 0 radical (unpaired) electrons. The van der Waals surface area contributed by atoms with E-state index in [-0.39, 0.29) is 5.91 Å². The first kappa shape index (κ1) is 14.9. The Morgan fingerprint density at radius 2 is 2.19 bits per heavy atom. The average Bonchev–Trinajstić information content (AvgIpc) is 2.55. The lowest BCUT2D eigenvalue weighted by atomic mass is 10.2. The quantitative estimate of drug-likeness (QED) is 0.804. The highest BCUT2D eigenvalue weighted by Gasteiger charge is 2.32. The van der Waals surface area contributed by atoms with E-state index in [1.54, 1.807) is 6.20 Å². The molecule has 0 N–H and O–H groups in total. The van der Waals surface area contributed by atoms with Gasteiger partial charge in [-0.2, -0.15) is 11.8 Å². The van der Waals surface area contributed by atoms with Crippen molar-refractivity contribution >= 4 is 35.1 Å². The van der Waals surface area contributed by atoms with Gasteiger partial charge in [-0.05, 0) is 0 Å². The largest absolute Gasteiger partial charge is 0.365 e. The Hall–Kier alpha value is -1.05. The predicted molar refractivity (Wildman–Crippen MR) is 82.9 cm³/mol. The summed E-state index contributed by atoms with van der Waals surface area (Å²) in [5.74, 6) is 2.74. The Balaban J connectivity index is 1.68. The second-order valence-electron chi connectivity index (χ2n) is 4.94. The molecule has 8 heteroatoms. The molecule has 2 aliphatic heterocycles. The van der Waals surface area contributed by atoms with Gasteiger partial charge in [-0.1, -0.05) is 11.6 Å². The minimum absolute atomic E-state index is 0.0742. The van der Waals surface area contributed by atoms with Crippen LogP contribution >= 0.6 is 23.4 Å². The van der Waals surface area contributed by atoms with Crippen LogP contribution in [0.3, 0.4) is 0 Å². The van der Waals surface area contributed by atoms with E-state index < -0.39 is 6.10 Å². The van der Waals surface area contributed by atoms with E-state index in [4.69, 9.17) is 16.3 Å². The maximum absolute atomic E-state index is 12.5. The van der Waals surface area contributed by atoms with Crippen molar-refractivity contribution in [3.05, 3.63) is 17.5 Å². The van der Waals surface area contributed by atoms with Crippen molar-refractivity contribution in [1.29, 1.82) is 0 Å². The number of hydrogen-bond donors (Lipinski definition) is 0. The van der Waals surface area contributed by atoms with Crippen molar-refractivity contribution in [2.45, 2.75) is 6.10 Å². The van der Waals surface area contributed by atoms with E-state index in [0.29, 0.717) is 30.5 Å². The van der Waals surface area contributed by atoms with Gasteiger partial charge in [0.15, 0.2) is 11.9 Å². The summed E-state index contributed by atoms with van der Waals surface area (Å²) in [5, 5.41) is 0.500. The standard InChI is InChI=1S/C13H17ClN4O2S/c14-10-7-15-9-16-12(10)18-1-4-20-11(8-18)13(19)17-2-5-21-6-3-17/h7,9,11H,1-6,8H2. The number of hydrogen-bond acceptors (Lipinski definition) is 6. The zero-order valence-electron chi connectivity index (χ0n) is 11.6. The number of aromatic nitrogens is 2. The van der Waals surface area contributed by atoms with E-state index in [2.05, 4.69) is 9.97 Å². The molecule has 0 bridgehead atoms. The molecule has 6 nitrogen and oxygen atoms in total. The summed E-state index contributed by atoms with van der Waals surface area (Å²) >= 11 is 8.01. The zero-order valence-corrected chi connectivity index (χ0v) is 13.1. The van der Waals surface area contributed by atoms with Crippen LogP contribution in [-0.4, -0.2) is 71.2 Å². The van der Waals surface area contributed by atoms with Gasteiger partial charge in [0, 0.05) is 31.1 Å². The molecule has 0 aliphatic carbocycles. The third-order valence-corrected chi connectivity index (χ3v) is 4.82. The Morgan fingerprint density at radius 3 is 2.95 bits per heavy atom. The molecule has 0 spiro atoms. The molecule has 1 unspecified atom stereocenters. The molecular formula is C13H17ClN4O2S. The number of morpholine rings is 1. The molecule has 3 rings (SSSR count). The van der Waals surface area contributed by atoms with Gasteiger partial charge >= 0.3 is 0 Å². The van der Waals surface area contributed by atoms with Crippen LogP contribution in [0.2, 0.25) is 5.02 Å². The molecule has 1 atom stereocenters. The van der Waals surface area contributed by atoms with Crippen LogP contribution in [0.4, 0.5) is 5.82 Å². The summed E-state index contributed by atoms with van der Waals surface area (Å²) < 4.78 is 5.66. The normalized spacial score (nSPS) is 23.2. The van der Waals surface area contributed by atoms with Gasteiger partial charge in [-0.15, -0.1) is 0 Å². The Morgan fingerprint density at radius 1 is 1.38 bits per heavy atom. The van der Waals surface area contributed by atoms with E-state index >= 15 is 0 Å². The molecule has 2 fully saturated rings. The molecule has 0 saturated carbocycles. The predicted octanol–water partition coefficient (Wildman–Crippen LogP) is 0.911. The summed E-state index contributed by atoms with van der Waals surface area (Å²) in [4.78, 5) is 24.5. The number of nitrogens with zero attached hydrogens (tertiary/aromatic N) is 4. The Labute approximate surface area is 132 Å². The van der Waals surface area contributed by atoms with Gasteiger partial charge in [0.05, 0.1) is 19.3 Å². The lowest BCUT2D eigenvalue weighted by Gasteiger charge is -2.36. The summed E-state index contributed by atoms with van der Waals surface area (Å²) in [6.07, 6.45) is 2.60.